The average Bonchev–Trinajstić information content (AvgIpc) is 2.47. The van der Waals surface area contributed by atoms with Gasteiger partial charge in [0.2, 0.25) is 5.91 Å². The predicted molar refractivity (Wildman–Crippen MR) is 85.0 cm³/mol. The summed E-state index contributed by atoms with van der Waals surface area (Å²) in [6.45, 7) is 0. The second kappa shape index (κ2) is 8.94. The number of aryl methyl sites for hydroxylation is 1. The molecule has 0 radical (unpaired) electrons. The van der Waals surface area contributed by atoms with Crippen LogP contribution in [0, 0.1) is 5.82 Å². The zero-order valence-corrected chi connectivity index (χ0v) is 13.2. The van der Waals surface area contributed by atoms with Crippen molar-refractivity contribution < 1.29 is 19.1 Å². The minimum atomic E-state index is -0.904. The van der Waals surface area contributed by atoms with Crippen LogP contribution in [0.2, 0.25) is 0 Å². The van der Waals surface area contributed by atoms with E-state index in [4.69, 9.17) is 10.8 Å². The van der Waals surface area contributed by atoms with E-state index in [9.17, 15) is 14.0 Å². The number of carbonyl (C=O) groups is 2. The van der Waals surface area contributed by atoms with Crippen LogP contribution in [0.3, 0.4) is 0 Å². The zero-order valence-electron chi connectivity index (χ0n) is 11.6. The Kier molecular flexibility index (Phi) is 7.25. The maximum Gasteiger partial charge on any atom is 0.303 e. The molecule has 0 spiro atoms. The van der Waals surface area contributed by atoms with Gasteiger partial charge in [0.25, 0.3) is 0 Å². The quantitative estimate of drug-likeness (QED) is 0.868. The minimum absolute atomic E-state index is 0.0269. The first-order valence-electron chi connectivity index (χ1n) is 6.40. The van der Waals surface area contributed by atoms with Crippen molar-refractivity contribution in [3.05, 3.63) is 69.9 Å². The molecule has 2 aromatic rings. The van der Waals surface area contributed by atoms with Crippen molar-refractivity contribution in [1.82, 2.24) is 0 Å². The van der Waals surface area contributed by atoms with Crippen LogP contribution in [0.25, 0.3) is 0 Å². The Bertz CT molecular complexity index is 661. The molecule has 0 heterocycles. The third-order valence-electron chi connectivity index (χ3n) is 2.68. The first kappa shape index (κ1) is 17.8. The summed E-state index contributed by atoms with van der Waals surface area (Å²) in [4.78, 5) is 20.7. The van der Waals surface area contributed by atoms with Crippen LogP contribution in [-0.4, -0.2) is 17.0 Å². The first-order valence-corrected chi connectivity index (χ1v) is 7.20. The fraction of sp³-hybridized carbons (Fsp3) is 0.125. The molecule has 6 heteroatoms. The van der Waals surface area contributed by atoms with Crippen molar-refractivity contribution in [3.63, 3.8) is 0 Å². The summed E-state index contributed by atoms with van der Waals surface area (Å²) in [5.41, 5.74) is 6.00. The van der Waals surface area contributed by atoms with Gasteiger partial charge < -0.3 is 10.8 Å². The highest BCUT2D eigenvalue weighted by atomic mass is 79.9. The highest BCUT2D eigenvalue weighted by molar-refractivity contribution is 9.10. The number of aliphatic carboxylic acids is 1. The lowest BCUT2D eigenvalue weighted by molar-refractivity contribution is -0.136. The summed E-state index contributed by atoms with van der Waals surface area (Å²) in [5.74, 6) is -1.64. The number of carbonyl (C=O) groups excluding carboxylic acids is 1. The number of rotatable bonds is 4. The van der Waals surface area contributed by atoms with E-state index in [-0.39, 0.29) is 18.7 Å². The largest absolute Gasteiger partial charge is 0.481 e. The maximum absolute atomic E-state index is 12.8. The van der Waals surface area contributed by atoms with Crippen LogP contribution < -0.4 is 5.73 Å². The highest BCUT2D eigenvalue weighted by Gasteiger charge is 2.02. The molecule has 1 amide bonds. The van der Waals surface area contributed by atoms with Crippen molar-refractivity contribution in [3.8, 4) is 0 Å². The molecule has 0 saturated heterocycles. The normalized spacial score (nSPS) is 9.55. The number of halogens is 2. The third-order valence-corrected chi connectivity index (χ3v) is 3.17. The van der Waals surface area contributed by atoms with Crippen molar-refractivity contribution in [2.45, 2.75) is 12.8 Å². The lowest BCUT2D eigenvalue weighted by Gasteiger charge is -1.98. The van der Waals surface area contributed by atoms with Crippen molar-refractivity contribution in [2.75, 3.05) is 0 Å². The molecule has 2 rings (SSSR count). The van der Waals surface area contributed by atoms with Gasteiger partial charge >= 0.3 is 5.97 Å². The summed E-state index contributed by atoms with van der Waals surface area (Å²) in [6, 6.07) is 13.2. The molecule has 0 unspecified atom stereocenters. The predicted octanol–water partition coefficient (Wildman–Crippen LogP) is 3.39. The Morgan fingerprint density at radius 1 is 1.14 bits per heavy atom. The molecule has 0 fully saturated rings. The summed E-state index contributed by atoms with van der Waals surface area (Å²) < 4.78 is 13.7. The maximum atomic E-state index is 12.8. The van der Waals surface area contributed by atoms with E-state index in [0.29, 0.717) is 11.1 Å². The fourth-order valence-electron chi connectivity index (χ4n) is 1.58. The van der Waals surface area contributed by atoms with Gasteiger partial charge in [0.05, 0.1) is 0 Å². The molecule has 0 aliphatic heterocycles. The second-order valence-electron chi connectivity index (χ2n) is 4.36. The Balaban J connectivity index is 0.000000224. The number of hydrogen-bond acceptors (Lipinski definition) is 2. The summed E-state index contributed by atoms with van der Waals surface area (Å²) in [5, 5.41) is 8.34. The molecule has 4 nitrogen and oxygen atoms in total. The molecule has 0 bridgehead atoms. The van der Waals surface area contributed by atoms with Gasteiger partial charge in [-0.3, -0.25) is 9.59 Å². The molecule has 3 N–H and O–H groups in total. The lowest BCUT2D eigenvalue weighted by Crippen LogP contribution is -2.10. The highest BCUT2D eigenvalue weighted by Crippen LogP contribution is 2.10. The molecule has 0 aliphatic rings. The van der Waals surface area contributed by atoms with Gasteiger partial charge in [0, 0.05) is 16.5 Å². The SMILES string of the molecule is NC(=O)c1cccc(Br)c1.O=C(O)CCc1ccccc1F. The van der Waals surface area contributed by atoms with E-state index in [1.807, 2.05) is 6.07 Å². The number of carboxylic acid groups (broad SMARTS) is 1. The summed E-state index contributed by atoms with van der Waals surface area (Å²) >= 11 is 3.22. The molecule has 2 aromatic carbocycles. The van der Waals surface area contributed by atoms with Gasteiger partial charge in [0.1, 0.15) is 5.82 Å². The molecule has 116 valence electrons. The molecular formula is C16H15BrFNO3. The number of carboxylic acids is 1. The number of nitrogens with two attached hydrogens (primary N) is 1. The standard InChI is InChI=1S/C9H9FO2.C7H6BrNO/c10-8-4-2-1-3-7(8)5-6-9(11)12;8-6-3-1-2-5(4-6)7(9)10/h1-4H,5-6H2,(H,11,12);1-4H,(H2,9,10). The van der Waals surface area contributed by atoms with Crippen LogP contribution in [0.5, 0.6) is 0 Å². The smallest absolute Gasteiger partial charge is 0.303 e. The molecular weight excluding hydrogens is 353 g/mol. The monoisotopic (exact) mass is 367 g/mol. The van der Waals surface area contributed by atoms with Crippen LogP contribution in [0.4, 0.5) is 4.39 Å². The van der Waals surface area contributed by atoms with Crippen molar-refractivity contribution >= 4 is 27.8 Å². The van der Waals surface area contributed by atoms with Crippen molar-refractivity contribution in [1.29, 1.82) is 0 Å². The minimum Gasteiger partial charge on any atom is -0.481 e. The third kappa shape index (κ3) is 6.49. The molecule has 0 aliphatic carbocycles. The van der Waals surface area contributed by atoms with Crippen LogP contribution >= 0.6 is 15.9 Å². The van der Waals surface area contributed by atoms with Gasteiger partial charge in [-0.15, -0.1) is 0 Å². The van der Waals surface area contributed by atoms with E-state index >= 15 is 0 Å². The number of amides is 1. The molecule has 0 aromatic heterocycles. The van der Waals surface area contributed by atoms with E-state index in [1.165, 1.54) is 6.07 Å². The van der Waals surface area contributed by atoms with E-state index in [1.54, 1.807) is 36.4 Å². The average molecular weight is 368 g/mol. The van der Waals surface area contributed by atoms with Gasteiger partial charge in [0.15, 0.2) is 0 Å². The molecule has 22 heavy (non-hydrogen) atoms. The fourth-order valence-corrected chi connectivity index (χ4v) is 1.98. The van der Waals surface area contributed by atoms with Crippen LogP contribution in [0.15, 0.2) is 53.0 Å². The number of primary amides is 1. The van der Waals surface area contributed by atoms with Gasteiger partial charge in [-0.1, -0.05) is 40.2 Å². The molecule has 0 atom stereocenters. The van der Waals surface area contributed by atoms with E-state index in [2.05, 4.69) is 15.9 Å². The Labute approximate surface area is 135 Å². The zero-order chi connectivity index (χ0) is 16.5. The molecule has 0 saturated carbocycles. The van der Waals surface area contributed by atoms with Crippen LogP contribution in [0.1, 0.15) is 22.3 Å². The topological polar surface area (TPSA) is 80.4 Å². The number of benzene rings is 2. The first-order chi connectivity index (χ1) is 10.4. The summed E-state index contributed by atoms with van der Waals surface area (Å²) in [7, 11) is 0. The van der Waals surface area contributed by atoms with E-state index in [0.717, 1.165) is 4.47 Å². The summed E-state index contributed by atoms with van der Waals surface area (Å²) in [6.07, 6.45) is 0.225. The van der Waals surface area contributed by atoms with Crippen LogP contribution in [-0.2, 0) is 11.2 Å². The van der Waals surface area contributed by atoms with Gasteiger partial charge in [-0.05, 0) is 36.2 Å². The second-order valence-corrected chi connectivity index (χ2v) is 5.28. The lowest BCUT2D eigenvalue weighted by atomic mass is 10.1. The Morgan fingerprint density at radius 3 is 2.32 bits per heavy atom. The van der Waals surface area contributed by atoms with Crippen molar-refractivity contribution in [2.24, 2.45) is 5.73 Å². The Hall–Kier alpha value is -2.21. The van der Waals surface area contributed by atoms with Gasteiger partial charge in [-0.2, -0.15) is 0 Å². The van der Waals surface area contributed by atoms with E-state index < -0.39 is 11.9 Å². The Morgan fingerprint density at radius 2 is 1.82 bits per heavy atom. The van der Waals surface area contributed by atoms with Gasteiger partial charge in [-0.25, -0.2) is 4.39 Å². The number of hydrogen-bond donors (Lipinski definition) is 2.